The fourth-order valence-electron chi connectivity index (χ4n) is 4.04. The van der Waals surface area contributed by atoms with Crippen LogP contribution < -0.4 is 0 Å². The van der Waals surface area contributed by atoms with E-state index in [1.165, 1.54) is 38.5 Å². The Hall–Kier alpha value is -0.570. The zero-order chi connectivity index (χ0) is 11.8. The molecule has 96 valence electrons. The van der Waals surface area contributed by atoms with Crippen LogP contribution in [0, 0.1) is 11.8 Å². The number of hydrogen-bond donors (Lipinski definition) is 1. The van der Waals surface area contributed by atoms with Gasteiger partial charge in [-0.15, -0.1) is 0 Å². The molecule has 0 aromatic heterocycles. The fraction of sp³-hybridized carbons (Fsp3) is 0.929. The minimum Gasteiger partial charge on any atom is -0.481 e. The Balaban J connectivity index is 1.80. The SMILES string of the molecule is O=C(O)[C@H]1CCCN(C2CC2)[C@@H]1C1CCCC1. The highest BCUT2D eigenvalue weighted by molar-refractivity contribution is 5.71. The largest absolute Gasteiger partial charge is 0.481 e. The maximum atomic E-state index is 11.5. The van der Waals surface area contributed by atoms with Crippen LogP contribution in [0.15, 0.2) is 0 Å². The van der Waals surface area contributed by atoms with Crippen molar-refractivity contribution < 1.29 is 9.90 Å². The molecule has 0 spiro atoms. The van der Waals surface area contributed by atoms with E-state index < -0.39 is 5.97 Å². The highest BCUT2D eigenvalue weighted by Gasteiger charge is 2.46. The first kappa shape index (κ1) is 11.5. The molecule has 1 N–H and O–H groups in total. The Morgan fingerprint density at radius 1 is 1.00 bits per heavy atom. The molecule has 0 aromatic carbocycles. The molecule has 2 aliphatic carbocycles. The van der Waals surface area contributed by atoms with Crippen LogP contribution in [-0.4, -0.2) is 34.6 Å². The third-order valence-electron chi connectivity index (χ3n) is 4.94. The van der Waals surface area contributed by atoms with Crippen LogP contribution in [0.4, 0.5) is 0 Å². The molecule has 1 aliphatic heterocycles. The fourth-order valence-corrected chi connectivity index (χ4v) is 4.04. The molecule has 2 atom stereocenters. The number of likely N-dealkylation sites (tertiary alicyclic amines) is 1. The third kappa shape index (κ3) is 2.22. The maximum absolute atomic E-state index is 11.5. The quantitative estimate of drug-likeness (QED) is 0.820. The third-order valence-corrected chi connectivity index (χ3v) is 4.94. The van der Waals surface area contributed by atoms with Crippen LogP contribution in [-0.2, 0) is 4.79 Å². The highest BCUT2D eigenvalue weighted by Crippen LogP contribution is 2.42. The van der Waals surface area contributed by atoms with Crippen molar-refractivity contribution in [3.63, 3.8) is 0 Å². The number of piperidine rings is 1. The lowest BCUT2D eigenvalue weighted by atomic mass is 9.80. The molecule has 0 aromatic rings. The smallest absolute Gasteiger partial charge is 0.308 e. The first-order valence-electron chi connectivity index (χ1n) is 7.26. The van der Waals surface area contributed by atoms with Gasteiger partial charge in [0.15, 0.2) is 0 Å². The Bertz CT molecular complexity index is 295. The van der Waals surface area contributed by atoms with Crippen molar-refractivity contribution in [3.8, 4) is 0 Å². The van der Waals surface area contributed by atoms with Gasteiger partial charge in [0.05, 0.1) is 5.92 Å². The predicted molar refractivity (Wildman–Crippen MR) is 65.8 cm³/mol. The summed E-state index contributed by atoms with van der Waals surface area (Å²) in [5.74, 6) is 0.0247. The van der Waals surface area contributed by atoms with E-state index in [-0.39, 0.29) is 5.92 Å². The molecule has 2 saturated carbocycles. The molecule has 1 saturated heterocycles. The van der Waals surface area contributed by atoms with Gasteiger partial charge in [-0.05, 0) is 51.0 Å². The van der Waals surface area contributed by atoms with Crippen LogP contribution in [0.5, 0.6) is 0 Å². The molecule has 1 heterocycles. The summed E-state index contributed by atoms with van der Waals surface area (Å²) >= 11 is 0. The van der Waals surface area contributed by atoms with Crippen molar-refractivity contribution in [2.24, 2.45) is 11.8 Å². The second-order valence-electron chi connectivity index (χ2n) is 6.09. The number of carbonyl (C=O) groups is 1. The van der Waals surface area contributed by atoms with Crippen LogP contribution in [0.2, 0.25) is 0 Å². The Morgan fingerprint density at radius 2 is 1.71 bits per heavy atom. The molecule has 17 heavy (non-hydrogen) atoms. The predicted octanol–water partition coefficient (Wildman–Crippen LogP) is 2.50. The minimum atomic E-state index is -0.549. The Kier molecular flexibility index (Phi) is 3.12. The molecule has 3 rings (SSSR count). The van der Waals surface area contributed by atoms with E-state index in [1.807, 2.05) is 0 Å². The number of aliphatic carboxylic acids is 1. The van der Waals surface area contributed by atoms with Gasteiger partial charge in [0, 0.05) is 12.1 Å². The van der Waals surface area contributed by atoms with E-state index in [0.717, 1.165) is 25.4 Å². The maximum Gasteiger partial charge on any atom is 0.308 e. The van der Waals surface area contributed by atoms with Crippen molar-refractivity contribution in [3.05, 3.63) is 0 Å². The molecule has 3 nitrogen and oxygen atoms in total. The summed E-state index contributed by atoms with van der Waals surface area (Å²) < 4.78 is 0. The molecule has 0 unspecified atom stereocenters. The van der Waals surface area contributed by atoms with Gasteiger partial charge >= 0.3 is 5.97 Å². The van der Waals surface area contributed by atoms with Crippen LogP contribution in [0.25, 0.3) is 0 Å². The molecule has 0 bridgehead atoms. The van der Waals surface area contributed by atoms with Crippen LogP contribution in [0.1, 0.15) is 51.4 Å². The number of nitrogens with zero attached hydrogens (tertiary/aromatic N) is 1. The number of rotatable bonds is 3. The highest BCUT2D eigenvalue weighted by atomic mass is 16.4. The van der Waals surface area contributed by atoms with Gasteiger partial charge in [0.1, 0.15) is 0 Å². The molecule has 3 heteroatoms. The van der Waals surface area contributed by atoms with Gasteiger partial charge in [0.25, 0.3) is 0 Å². The van der Waals surface area contributed by atoms with Gasteiger partial charge in [-0.1, -0.05) is 12.8 Å². The Morgan fingerprint density at radius 3 is 2.29 bits per heavy atom. The van der Waals surface area contributed by atoms with Gasteiger partial charge in [-0.25, -0.2) is 0 Å². The number of hydrogen-bond acceptors (Lipinski definition) is 2. The van der Waals surface area contributed by atoms with Crippen molar-refractivity contribution in [1.82, 2.24) is 4.90 Å². The zero-order valence-electron chi connectivity index (χ0n) is 10.5. The van der Waals surface area contributed by atoms with E-state index >= 15 is 0 Å². The summed E-state index contributed by atoms with van der Waals surface area (Å²) in [4.78, 5) is 14.1. The van der Waals surface area contributed by atoms with E-state index in [4.69, 9.17) is 0 Å². The topological polar surface area (TPSA) is 40.5 Å². The van der Waals surface area contributed by atoms with Gasteiger partial charge in [-0.3, -0.25) is 9.69 Å². The number of carboxylic acids is 1. The van der Waals surface area contributed by atoms with Crippen molar-refractivity contribution in [2.75, 3.05) is 6.54 Å². The second-order valence-corrected chi connectivity index (χ2v) is 6.09. The van der Waals surface area contributed by atoms with E-state index in [9.17, 15) is 9.90 Å². The first-order valence-corrected chi connectivity index (χ1v) is 7.26. The second kappa shape index (κ2) is 4.60. The molecule has 3 fully saturated rings. The van der Waals surface area contributed by atoms with Gasteiger partial charge in [-0.2, -0.15) is 0 Å². The normalized spacial score (nSPS) is 36.2. The van der Waals surface area contributed by atoms with E-state index in [0.29, 0.717) is 12.0 Å². The minimum absolute atomic E-state index is 0.0903. The summed E-state index contributed by atoms with van der Waals surface area (Å²) in [7, 11) is 0. The standard InChI is InChI=1S/C14H23NO2/c16-14(17)12-6-3-9-15(11-7-8-11)13(12)10-4-1-2-5-10/h10-13H,1-9H2,(H,16,17)/t12-,13+/m0/s1. The monoisotopic (exact) mass is 237 g/mol. The molecule has 3 aliphatic rings. The molecule has 0 radical (unpaired) electrons. The summed E-state index contributed by atoms with van der Waals surface area (Å²) in [6.45, 7) is 1.15. The van der Waals surface area contributed by atoms with Gasteiger partial charge in [0.2, 0.25) is 0 Å². The summed E-state index contributed by atoms with van der Waals surface area (Å²) in [6.07, 6.45) is 9.73. The first-order chi connectivity index (χ1) is 8.27. The molecular formula is C14H23NO2. The molecule has 0 amide bonds. The molecular weight excluding hydrogens is 214 g/mol. The Labute approximate surface area is 103 Å². The van der Waals surface area contributed by atoms with Crippen molar-refractivity contribution in [2.45, 2.75) is 63.5 Å². The lowest BCUT2D eigenvalue weighted by Gasteiger charge is -2.43. The van der Waals surface area contributed by atoms with Crippen molar-refractivity contribution in [1.29, 1.82) is 0 Å². The van der Waals surface area contributed by atoms with E-state index in [2.05, 4.69) is 4.90 Å². The summed E-state index contributed by atoms with van der Waals surface area (Å²) in [5.41, 5.74) is 0. The van der Waals surface area contributed by atoms with Crippen LogP contribution in [0.3, 0.4) is 0 Å². The zero-order valence-corrected chi connectivity index (χ0v) is 10.5. The van der Waals surface area contributed by atoms with Crippen LogP contribution >= 0.6 is 0 Å². The summed E-state index contributed by atoms with van der Waals surface area (Å²) in [5, 5.41) is 9.46. The summed E-state index contributed by atoms with van der Waals surface area (Å²) in [6, 6.07) is 1.08. The van der Waals surface area contributed by atoms with Gasteiger partial charge < -0.3 is 5.11 Å². The lowest BCUT2D eigenvalue weighted by molar-refractivity contribution is -0.147. The van der Waals surface area contributed by atoms with E-state index in [1.54, 1.807) is 0 Å². The average Bonchev–Trinajstić information content (AvgIpc) is 3.04. The number of carboxylic acid groups (broad SMARTS) is 1. The average molecular weight is 237 g/mol. The van der Waals surface area contributed by atoms with Crippen molar-refractivity contribution >= 4 is 5.97 Å². The lowest BCUT2D eigenvalue weighted by Crippen LogP contribution is -2.52.